The first-order valence-electron chi connectivity index (χ1n) is 8.65. The number of halogens is 1. The number of rotatable bonds is 4. The second kappa shape index (κ2) is 7.56. The Bertz CT molecular complexity index is 662. The first-order chi connectivity index (χ1) is 11.7. The molecule has 0 unspecified atom stereocenters. The Balaban J connectivity index is 1.78. The number of hydrogen-bond donors (Lipinski definition) is 1. The van der Waals surface area contributed by atoms with Crippen LogP contribution in [0, 0.1) is 5.82 Å². The number of carbonyl (C=O) groups excluding carboxylic acids is 1. The van der Waals surface area contributed by atoms with Gasteiger partial charge >= 0.3 is 0 Å². The molecule has 1 heterocycles. The summed E-state index contributed by atoms with van der Waals surface area (Å²) in [5.41, 5.74) is 1.14. The molecular formula is C20H23FN2O. The molecule has 0 saturated heterocycles. The molecule has 1 aliphatic carbocycles. The summed E-state index contributed by atoms with van der Waals surface area (Å²) in [7, 11) is 0. The SMILES string of the molecule is O=C(CC1(c2ccccc2)CCCCCC1)Nc1ccc(F)cn1. The predicted molar refractivity (Wildman–Crippen MR) is 93.3 cm³/mol. The van der Waals surface area contributed by atoms with E-state index in [-0.39, 0.29) is 11.3 Å². The van der Waals surface area contributed by atoms with Crippen LogP contribution in [0.25, 0.3) is 0 Å². The second-order valence-corrected chi connectivity index (χ2v) is 6.65. The third kappa shape index (κ3) is 3.99. The van der Waals surface area contributed by atoms with Gasteiger partial charge in [0.1, 0.15) is 11.6 Å². The van der Waals surface area contributed by atoms with Crippen molar-refractivity contribution in [2.75, 3.05) is 5.32 Å². The van der Waals surface area contributed by atoms with Crippen molar-refractivity contribution in [3.05, 3.63) is 60.0 Å². The van der Waals surface area contributed by atoms with Crippen molar-refractivity contribution in [2.24, 2.45) is 0 Å². The number of amides is 1. The Labute approximate surface area is 142 Å². The summed E-state index contributed by atoms with van der Waals surface area (Å²) in [6, 6.07) is 13.2. The lowest BCUT2D eigenvalue weighted by Crippen LogP contribution is -2.31. The summed E-state index contributed by atoms with van der Waals surface area (Å²) < 4.78 is 12.9. The molecule has 1 aromatic heterocycles. The molecule has 24 heavy (non-hydrogen) atoms. The summed E-state index contributed by atoms with van der Waals surface area (Å²) in [5.74, 6) is -0.0596. The van der Waals surface area contributed by atoms with Crippen LogP contribution < -0.4 is 5.32 Å². The van der Waals surface area contributed by atoms with Crippen LogP contribution in [-0.4, -0.2) is 10.9 Å². The van der Waals surface area contributed by atoms with E-state index in [0.29, 0.717) is 12.2 Å². The molecule has 1 amide bonds. The van der Waals surface area contributed by atoms with Crippen LogP contribution in [0.2, 0.25) is 0 Å². The average Bonchev–Trinajstić information content (AvgIpc) is 2.84. The zero-order chi connectivity index (χ0) is 16.8. The zero-order valence-electron chi connectivity index (χ0n) is 13.8. The van der Waals surface area contributed by atoms with Crippen LogP contribution in [0.4, 0.5) is 10.2 Å². The van der Waals surface area contributed by atoms with Crippen molar-refractivity contribution in [1.82, 2.24) is 4.98 Å². The molecule has 1 N–H and O–H groups in total. The van der Waals surface area contributed by atoms with Crippen molar-refractivity contribution < 1.29 is 9.18 Å². The predicted octanol–water partition coefficient (Wildman–Crippen LogP) is 4.84. The Hall–Kier alpha value is -2.23. The summed E-state index contributed by atoms with van der Waals surface area (Å²) >= 11 is 0. The van der Waals surface area contributed by atoms with E-state index in [4.69, 9.17) is 0 Å². The van der Waals surface area contributed by atoms with E-state index in [2.05, 4.69) is 22.4 Å². The van der Waals surface area contributed by atoms with E-state index < -0.39 is 5.82 Å². The molecule has 0 aliphatic heterocycles. The highest BCUT2D eigenvalue weighted by molar-refractivity contribution is 5.90. The van der Waals surface area contributed by atoms with Crippen LogP contribution in [0.15, 0.2) is 48.7 Å². The number of nitrogens with one attached hydrogen (secondary N) is 1. The molecule has 0 atom stereocenters. The molecule has 1 saturated carbocycles. The van der Waals surface area contributed by atoms with Gasteiger partial charge in [0.25, 0.3) is 0 Å². The molecule has 3 rings (SSSR count). The van der Waals surface area contributed by atoms with Gasteiger partial charge in [-0.2, -0.15) is 0 Å². The third-order valence-electron chi connectivity index (χ3n) is 4.94. The highest BCUT2D eigenvalue weighted by Gasteiger charge is 2.35. The van der Waals surface area contributed by atoms with Crippen LogP contribution in [0.1, 0.15) is 50.5 Å². The first kappa shape index (κ1) is 16.6. The second-order valence-electron chi connectivity index (χ2n) is 6.65. The third-order valence-corrected chi connectivity index (χ3v) is 4.94. The van der Waals surface area contributed by atoms with Gasteiger partial charge in [-0.1, -0.05) is 56.0 Å². The lowest BCUT2D eigenvalue weighted by Gasteiger charge is -2.33. The Kier molecular flexibility index (Phi) is 5.24. The normalized spacial score (nSPS) is 17.0. The van der Waals surface area contributed by atoms with E-state index in [1.165, 1.54) is 30.5 Å². The van der Waals surface area contributed by atoms with E-state index >= 15 is 0 Å². The smallest absolute Gasteiger partial charge is 0.226 e. The van der Waals surface area contributed by atoms with Crippen LogP contribution >= 0.6 is 0 Å². The van der Waals surface area contributed by atoms with Gasteiger partial charge in [0, 0.05) is 11.8 Å². The Morgan fingerprint density at radius 2 is 1.75 bits per heavy atom. The molecule has 4 heteroatoms. The van der Waals surface area contributed by atoms with Gasteiger partial charge in [-0.05, 0) is 30.5 Å². The molecule has 3 nitrogen and oxygen atoms in total. The molecule has 1 aliphatic rings. The minimum atomic E-state index is -0.405. The fourth-order valence-electron chi connectivity index (χ4n) is 3.71. The summed E-state index contributed by atoms with van der Waals surface area (Å²) in [6.07, 6.45) is 8.38. The Morgan fingerprint density at radius 3 is 2.38 bits per heavy atom. The number of hydrogen-bond acceptors (Lipinski definition) is 2. The zero-order valence-corrected chi connectivity index (χ0v) is 13.8. The minimum Gasteiger partial charge on any atom is -0.311 e. The number of pyridine rings is 1. The maximum absolute atomic E-state index is 12.9. The topological polar surface area (TPSA) is 42.0 Å². The van der Waals surface area contributed by atoms with Gasteiger partial charge in [0.2, 0.25) is 5.91 Å². The van der Waals surface area contributed by atoms with Gasteiger partial charge in [-0.15, -0.1) is 0 Å². The number of aromatic nitrogens is 1. The standard InChI is InChI=1S/C20H23FN2O/c21-17-10-11-18(22-15-17)23-19(24)14-20(12-6-1-2-7-13-20)16-8-4-3-5-9-16/h3-5,8-11,15H,1-2,6-7,12-14H2,(H,22,23,24). The molecule has 1 fully saturated rings. The van der Waals surface area contributed by atoms with E-state index in [9.17, 15) is 9.18 Å². The lowest BCUT2D eigenvalue weighted by molar-refractivity contribution is -0.117. The number of anilines is 1. The minimum absolute atomic E-state index is 0.0557. The maximum Gasteiger partial charge on any atom is 0.226 e. The molecule has 1 aromatic carbocycles. The molecule has 0 spiro atoms. The van der Waals surface area contributed by atoms with Gasteiger partial charge < -0.3 is 5.32 Å². The number of benzene rings is 1. The maximum atomic E-state index is 12.9. The van der Waals surface area contributed by atoms with Crippen LogP contribution in [0.5, 0.6) is 0 Å². The highest BCUT2D eigenvalue weighted by Crippen LogP contribution is 2.41. The van der Waals surface area contributed by atoms with Crippen molar-refractivity contribution in [3.8, 4) is 0 Å². The number of nitrogens with zero attached hydrogens (tertiary/aromatic N) is 1. The number of carbonyl (C=O) groups is 1. The van der Waals surface area contributed by atoms with E-state index in [0.717, 1.165) is 31.9 Å². The van der Waals surface area contributed by atoms with Crippen molar-refractivity contribution >= 4 is 11.7 Å². The molecule has 0 radical (unpaired) electrons. The van der Waals surface area contributed by atoms with Gasteiger partial charge in [0.15, 0.2) is 0 Å². The van der Waals surface area contributed by atoms with E-state index in [1.807, 2.05) is 18.2 Å². The van der Waals surface area contributed by atoms with E-state index in [1.54, 1.807) is 0 Å². The van der Waals surface area contributed by atoms with Crippen molar-refractivity contribution in [3.63, 3.8) is 0 Å². The molecule has 2 aromatic rings. The highest BCUT2D eigenvalue weighted by atomic mass is 19.1. The molecule has 126 valence electrons. The van der Waals surface area contributed by atoms with Gasteiger partial charge in [-0.3, -0.25) is 4.79 Å². The summed E-state index contributed by atoms with van der Waals surface area (Å²) in [5, 5.41) is 2.81. The fourth-order valence-corrected chi connectivity index (χ4v) is 3.71. The lowest BCUT2D eigenvalue weighted by atomic mass is 9.71. The van der Waals surface area contributed by atoms with Crippen LogP contribution in [-0.2, 0) is 10.2 Å². The van der Waals surface area contributed by atoms with Crippen LogP contribution in [0.3, 0.4) is 0 Å². The molecule has 0 bridgehead atoms. The average molecular weight is 326 g/mol. The van der Waals surface area contributed by atoms with Gasteiger partial charge in [-0.25, -0.2) is 9.37 Å². The summed E-state index contributed by atoms with van der Waals surface area (Å²) in [4.78, 5) is 16.5. The first-order valence-corrected chi connectivity index (χ1v) is 8.65. The van der Waals surface area contributed by atoms with Crippen molar-refractivity contribution in [1.29, 1.82) is 0 Å². The van der Waals surface area contributed by atoms with Gasteiger partial charge in [0.05, 0.1) is 6.20 Å². The Morgan fingerprint density at radius 1 is 1.04 bits per heavy atom. The summed E-state index contributed by atoms with van der Waals surface area (Å²) in [6.45, 7) is 0. The van der Waals surface area contributed by atoms with Crippen molar-refractivity contribution in [2.45, 2.75) is 50.4 Å². The fraction of sp³-hybridized carbons (Fsp3) is 0.400. The molecular weight excluding hydrogens is 303 g/mol. The largest absolute Gasteiger partial charge is 0.311 e. The quantitative estimate of drug-likeness (QED) is 0.817. The monoisotopic (exact) mass is 326 g/mol.